The number of hydrogen-bond donors (Lipinski definition) is 1. The van der Waals surface area contributed by atoms with Crippen molar-refractivity contribution in [3.8, 4) is 11.3 Å². The van der Waals surface area contributed by atoms with Crippen molar-refractivity contribution in [1.82, 2.24) is 15.4 Å². The first-order valence-corrected chi connectivity index (χ1v) is 11.6. The number of carbonyl (C=O) groups is 1. The topological polar surface area (TPSA) is 58.4 Å². The van der Waals surface area contributed by atoms with Gasteiger partial charge in [0.25, 0.3) is 5.91 Å². The van der Waals surface area contributed by atoms with Gasteiger partial charge in [-0.25, -0.2) is 4.39 Å². The molecule has 0 aliphatic heterocycles. The van der Waals surface area contributed by atoms with E-state index in [0.29, 0.717) is 27.6 Å². The first-order chi connectivity index (χ1) is 15.8. The van der Waals surface area contributed by atoms with Crippen molar-refractivity contribution in [2.24, 2.45) is 0 Å². The predicted molar refractivity (Wildman–Crippen MR) is 128 cm³/mol. The average Bonchev–Trinajstić information content (AvgIpc) is 3.18. The third-order valence-electron chi connectivity index (χ3n) is 6.87. The van der Waals surface area contributed by atoms with Crippen LogP contribution < -0.4 is 5.32 Å². The minimum atomic E-state index is -0.218. The van der Waals surface area contributed by atoms with Crippen molar-refractivity contribution in [1.29, 1.82) is 0 Å². The highest BCUT2D eigenvalue weighted by Gasteiger charge is 2.38. The molecule has 1 aliphatic rings. The molecule has 1 amide bonds. The van der Waals surface area contributed by atoms with Crippen molar-refractivity contribution in [2.75, 3.05) is 14.1 Å². The molecule has 174 valence electrons. The van der Waals surface area contributed by atoms with Gasteiger partial charge in [-0.1, -0.05) is 47.1 Å². The molecule has 0 radical (unpaired) electrons. The van der Waals surface area contributed by atoms with Gasteiger partial charge in [0.15, 0.2) is 0 Å². The van der Waals surface area contributed by atoms with Crippen LogP contribution in [0.1, 0.15) is 47.4 Å². The highest BCUT2D eigenvalue weighted by atomic mass is 35.5. The van der Waals surface area contributed by atoms with Crippen molar-refractivity contribution in [3.63, 3.8) is 0 Å². The van der Waals surface area contributed by atoms with Gasteiger partial charge in [0.2, 0.25) is 0 Å². The second-order valence-electron chi connectivity index (χ2n) is 9.11. The highest BCUT2D eigenvalue weighted by Crippen LogP contribution is 2.36. The van der Waals surface area contributed by atoms with Gasteiger partial charge in [0, 0.05) is 17.1 Å². The normalized spacial score (nSPS) is 20.7. The zero-order valence-electron chi connectivity index (χ0n) is 19.2. The van der Waals surface area contributed by atoms with Crippen LogP contribution >= 0.6 is 11.6 Å². The molecule has 1 aliphatic carbocycles. The molecule has 1 fully saturated rings. The van der Waals surface area contributed by atoms with Gasteiger partial charge < -0.3 is 14.7 Å². The molecule has 1 saturated carbocycles. The smallest absolute Gasteiger partial charge is 0.257 e. The largest absolute Gasteiger partial charge is 0.360 e. The molecular weight excluding hydrogens is 441 g/mol. The molecule has 4 rings (SSSR count). The van der Waals surface area contributed by atoms with E-state index in [0.717, 1.165) is 37.7 Å². The van der Waals surface area contributed by atoms with E-state index >= 15 is 0 Å². The van der Waals surface area contributed by atoms with E-state index in [1.165, 1.54) is 12.1 Å². The number of carbonyl (C=O) groups excluding carboxylic acids is 1. The monoisotopic (exact) mass is 469 g/mol. The van der Waals surface area contributed by atoms with Crippen molar-refractivity contribution >= 4 is 17.5 Å². The Hall–Kier alpha value is -2.70. The molecule has 2 aromatic carbocycles. The summed E-state index contributed by atoms with van der Waals surface area (Å²) in [5, 5.41) is 7.82. The van der Waals surface area contributed by atoms with E-state index < -0.39 is 0 Å². The van der Waals surface area contributed by atoms with Gasteiger partial charge in [0.05, 0.1) is 5.02 Å². The van der Waals surface area contributed by atoms with Crippen LogP contribution in [0, 0.1) is 12.7 Å². The Labute approximate surface area is 198 Å². The summed E-state index contributed by atoms with van der Waals surface area (Å²) in [4.78, 5) is 15.5. The molecule has 3 aromatic rings. The van der Waals surface area contributed by atoms with Gasteiger partial charge >= 0.3 is 0 Å². The fourth-order valence-corrected chi connectivity index (χ4v) is 5.02. The molecular formula is C26H29ClFN3O2. The minimum Gasteiger partial charge on any atom is -0.360 e. The fraction of sp³-hybridized carbons (Fsp3) is 0.385. The van der Waals surface area contributed by atoms with Crippen LogP contribution in [0.5, 0.6) is 0 Å². The summed E-state index contributed by atoms with van der Waals surface area (Å²) in [6.07, 6.45) is 4.43. The van der Waals surface area contributed by atoms with Crippen LogP contribution in [0.25, 0.3) is 11.3 Å². The molecule has 0 saturated heterocycles. The summed E-state index contributed by atoms with van der Waals surface area (Å²) in [5.74, 6) is 0.0611. The van der Waals surface area contributed by atoms with Gasteiger partial charge in [-0.15, -0.1) is 0 Å². The van der Waals surface area contributed by atoms with Gasteiger partial charge in [-0.05, 0) is 76.9 Å². The summed E-state index contributed by atoms with van der Waals surface area (Å²) >= 11 is 6.33. The lowest BCUT2D eigenvalue weighted by Crippen LogP contribution is -2.52. The second-order valence-corrected chi connectivity index (χ2v) is 9.52. The number of benzene rings is 2. The SMILES string of the molecule is Cc1onc(-c2ccccc2Cl)c1C(=O)NC1CCC(Cc2ccc(F)cc2)(N(C)C)CC1. The Morgan fingerprint density at radius 2 is 1.85 bits per heavy atom. The molecule has 33 heavy (non-hydrogen) atoms. The van der Waals surface area contributed by atoms with Crippen LogP contribution in [-0.2, 0) is 6.42 Å². The fourth-order valence-electron chi connectivity index (χ4n) is 4.80. The summed E-state index contributed by atoms with van der Waals surface area (Å²) in [7, 11) is 4.19. The summed E-state index contributed by atoms with van der Waals surface area (Å²) in [6, 6.07) is 14.1. The van der Waals surface area contributed by atoms with Gasteiger partial charge in [0.1, 0.15) is 22.8 Å². The molecule has 0 atom stereocenters. The van der Waals surface area contributed by atoms with E-state index in [-0.39, 0.29) is 23.3 Å². The Morgan fingerprint density at radius 1 is 1.18 bits per heavy atom. The zero-order chi connectivity index (χ0) is 23.6. The van der Waals surface area contributed by atoms with E-state index in [9.17, 15) is 9.18 Å². The number of nitrogens with zero attached hydrogens (tertiary/aromatic N) is 2. The number of aryl methyl sites for hydroxylation is 1. The van der Waals surface area contributed by atoms with Crippen molar-refractivity contribution in [2.45, 2.75) is 50.6 Å². The van der Waals surface area contributed by atoms with Crippen LogP contribution in [0.15, 0.2) is 53.1 Å². The van der Waals surface area contributed by atoms with Crippen LogP contribution in [-0.4, -0.2) is 41.6 Å². The quantitative estimate of drug-likeness (QED) is 0.506. The van der Waals surface area contributed by atoms with E-state index in [4.69, 9.17) is 16.1 Å². The molecule has 7 heteroatoms. The second kappa shape index (κ2) is 9.65. The highest BCUT2D eigenvalue weighted by molar-refractivity contribution is 6.33. The maximum atomic E-state index is 13.3. The van der Waals surface area contributed by atoms with Crippen LogP contribution in [0.3, 0.4) is 0 Å². The number of likely N-dealkylation sites (N-methyl/N-ethyl adjacent to an activating group) is 1. The molecule has 0 bridgehead atoms. The number of aromatic nitrogens is 1. The Bertz CT molecular complexity index is 1120. The molecule has 1 aromatic heterocycles. The summed E-state index contributed by atoms with van der Waals surface area (Å²) in [6.45, 7) is 1.74. The zero-order valence-corrected chi connectivity index (χ0v) is 20.0. The maximum Gasteiger partial charge on any atom is 0.257 e. The van der Waals surface area contributed by atoms with Gasteiger partial charge in [-0.2, -0.15) is 0 Å². The van der Waals surface area contributed by atoms with Crippen molar-refractivity contribution < 1.29 is 13.7 Å². The first-order valence-electron chi connectivity index (χ1n) is 11.2. The predicted octanol–water partition coefficient (Wildman–Crippen LogP) is 5.66. The Kier molecular flexibility index (Phi) is 6.86. The minimum absolute atomic E-state index is 0.0190. The third kappa shape index (κ3) is 4.97. The lowest BCUT2D eigenvalue weighted by molar-refractivity contribution is 0.0769. The summed E-state index contributed by atoms with van der Waals surface area (Å²) in [5.41, 5.74) is 2.67. The molecule has 1 heterocycles. The lowest BCUT2D eigenvalue weighted by Gasteiger charge is -2.45. The van der Waals surface area contributed by atoms with E-state index in [1.54, 1.807) is 13.0 Å². The molecule has 5 nitrogen and oxygen atoms in total. The standard InChI is InChI=1S/C26H29ClFN3O2/c1-17-23(24(30-33-17)21-6-4-5-7-22(21)27)25(32)29-20-12-14-26(15-13-20,31(2)3)16-18-8-10-19(28)11-9-18/h4-11,20H,12-16H2,1-3H3,(H,29,32). The number of hydrogen-bond acceptors (Lipinski definition) is 4. The number of halogens is 2. The Morgan fingerprint density at radius 3 is 2.48 bits per heavy atom. The first kappa shape index (κ1) is 23.5. The van der Waals surface area contributed by atoms with Crippen LogP contribution in [0.2, 0.25) is 5.02 Å². The number of nitrogens with one attached hydrogen (secondary N) is 1. The third-order valence-corrected chi connectivity index (χ3v) is 7.20. The maximum absolute atomic E-state index is 13.3. The molecule has 0 spiro atoms. The number of amides is 1. The van der Waals surface area contributed by atoms with Crippen LogP contribution in [0.4, 0.5) is 4.39 Å². The van der Waals surface area contributed by atoms with E-state index in [2.05, 4.69) is 29.5 Å². The Balaban J connectivity index is 1.46. The lowest BCUT2D eigenvalue weighted by atomic mass is 9.74. The van der Waals surface area contributed by atoms with Crippen molar-refractivity contribution in [3.05, 3.63) is 76.3 Å². The van der Waals surface area contributed by atoms with Gasteiger partial charge in [-0.3, -0.25) is 4.79 Å². The summed E-state index contributed by atoms with van der Waals surface area (Å²) < 4.78 is 18.7. The molecule has 0 unspecified atom stereocenters. The average molecular weight is 470 g/mol. The molecule has 1 N–H and O–H groups in total. The number of rotatable bonds is 6. The van der Waals surface area contributed by atoms with E-state index in [1.807, 2.05) is 30.3 Å².